The van der Waals surface area contributed by atoms with Crippen molar-refractivity contribution in [1.29, 1.82) is 0 Å². The van der Waals surface area contributed by atoms with Gasteiger partial charge in [0, 0.05) is 31.4 Å². The molecule has 7 heteroatoms. The van der Waals surface area contributed by atoms with Gasteiger partial charge in [0.05, 0.1) is 14.2 Å². The minimum absolute atomic E-state index is 0. The summed E-state index contributed by atoms with van der Waals surface area (Å²) in [6.07, 6.45) is 2.51. The van der Waals surface area contributed by atoms with Crippen LogP contribution in [0, 0.1) is 5.92 Å². The molecule has 0 bridgehead atoms. The number of benzene rings is 1. The van der Waals surface area contributed by atoms with Crippen molar-refractivity contribution in [3.8, 4) is 11.5 Å². The van der Waals surface area contributed by atoms with E-state index in [9.17, 15) is 0 Å². The highest BCUT2D eigenvalue weighted by Gasteiger charge is 2.16. The smallest absolute Gasteiger partial charge is 0.195 e. The highest BCUT2D eigenvalue weighted by atomic mass is 127. The second-order valence-electron chi connectivity index (χ2n) is 6.18. The number of methoxy groups -OCH3 is 2. The van der Waals surface area contributed by atoms with Gasteiger partial charge in [-0.05, 0) is 51.4 Å². The van der Waals surface area contributed by atoms with Gasteiger partial charge >= 0.3 is 0 Å². The quantitative estimate of drug-likeness (QED) is 0.387. The van der Waals surface area contributed by atoms with E-state index >= 15 is 0 Å². The molecule has 0 radical (unpaired) electrons. The lowest BCUT2D eigenvalue weighted by Gasteiger charge is -2.28. The summed E-state index contributed by atoms with van der Waals surface area (Å²) >= 11 is 0. The van der Waals surface area contributed by atoms with E-state index in [1.54, 1.807) is 14.2 Å². The number of likely N-dealkylation sites (tertiary alicyclic amines) is 1. The highest BCUT2D eigenvalue weighted by Crippen LogP contribution is 2.29. The molecular weight excluding hydrogens is 431 g/mol. The van der Waals surface area contributed by atoms with E-state index in [4.69, 9.17) is 14.5 Å². The van der Waals surface area contributed by atoms with E-state index in [0.717, 1.165) is 37.0 Å². The van der Waals surface area contributed by atoms with Crippen LogP contribution in [0.1, 0.15) is 19.8 Å². The molecule has 2 rings (SSSR count). The lowest BCUT2D eigenvalue weighted by molar-refractivity contribution is 0.214. The third-order valence-electron chi connectivity index (χ3n) is 4.22. The molecule has 1 aromatic rings. The van der Waals surface area contributed by atoms with Gasteiger partial charge in [-0.1, -0.05) is 0 Å². The summed E-state index contributed by atoms with van der Waals surface area (Å²) in [5.74, 6) is 2.85. The van der Waals surface area contributed by atoms with E-state index in [0.29, 0.717) is 11.7 Å². The number of anilines is 1. The molecular formula is C18H31IN4O2. The molecule has 0 aliphatic carbocycles. The van der Waals surface area contributed by atoms with E-state index in [2.05, 4.69) is 29.5 Å². The van der Waals surface area contributed by atoms with Crippen LogP contribution >= 0.6 is 24.0 Å². The summed E-state index contributed by atoms with van der Waals surface area (Å²) in [7, 11) is 5.46. The fourth-order valence-corrected chi connectivity index (χ4v) is 3.00. The number of piperidine rings is 1. The lowest BCUT2D eigenvalue weighted by atomic mass is 9.99. The van der Waals surface area contributed by atoms with Gasteiger partial charge in [0.15, 0.2) is 17.5 Å². The third kappa shape index (κ3) is 6.89. The number of hydrogen-bond acceptors (Lipinski definition) is 4. The second-order valence-corrected chi connectivity index (χ2v) is 6.18. The van der Waals surface area contributed by atoms with Crippen molar-refractivity contribution in [2.75, 3.05) is 52.8 Å². The Labute approximate surface area is 168 Å². The van der Waals surface area contributed by atoms with E-state index < -0.39 is 0 Å². The van der Waals surface area contributed by atoms with E-state index in [1.165, 1.54) is 19.4 Å². The van der Waals surface area contributed by atoms with E-state index in [-0.39, 0.29) is 24.0 Å². The molecule has 0 spiro atoms. The van der Waals surface area contributed by atoms with E-state index in [1.807, 2.05) is 18.2 Å². The van der Waals surface area contributed by atoms with Crippen LogP contribution in [-0.4, -0.2) is 58.3 Å². The minimum Gasteiger partial charge on any atom is -0.493 e. The molecule has 0 amide bonds. The molecule has 1 aliphatic rings. The fourth-order valence-electron chi connectivity index (χ4n) is 3.00. The Morgan fingerprint density at radius 3 is 2.68 bits per heavy atom. The van der Waals surface area contributed by atoms with Gasteiger partial charge in [0.25, 0.3) is 0 Å². The Balaban J connectivity index is 0.00000312. The Hall–Kier alpha value is -1.22. The van der Waals surface area contributed by atoms with Crippen molar-refractivity contribution in [3.63, 3.8) is 0 Å². The molecule has 1 aliphatic heterocycles. The first kappa shape index (κ1) is 21.8. The number of rotatable bonds is 6. The van der Waals surface area contributed by atoms with Gasteiger partial charge < -0.3 is 25.0 Å². The zero-order valence-electron chi connectivity index (χ0n) is 15.7. The van der Waals surface area contributed by atoms with Crippen LogP contribution in [0.5, 0.6) is 11.5 Å². The zero-order chi connectivity index (χ0) is 17.4. The summed E-state index contributed by atoms with van der Waals surface area (Å²) in [4.78, 5) is 7.15. The zero-order valence-corrected chi connectivity index (χ0v) is 18.0. The molecule has 1 aromatic carbocycles. The highest BCUT2D eigenvalue weighted by molar-refractivity contribution is 14.0. The summed E-state index contributed by atoms with van der Waals surface area (Å²) in [6.45, 7) is 6.06. The van der Waals surface area contributed by atoms with Crippen LogP contribution in [0.15, 0.2) is 23.2 Å². The molecule has 1 saturated heterocycles. The van der Waals surface area contributed by atoms with Crippen molar-refractivity contribution < 1.29 is 9.47 Å². The van der Waals surface area contributed by atoms with Crippen LogP contribution in [0.2, 0.25) is 0 Å². The summed E-state index contributed by atoms with van der Waals surface area (Å²) in [5.41, 5.74) is 0.924. The monoisotopic (exact) mass is 462 g/mol. The number of nitrogens with zero attached hydrogens (tertiary/aromatic N) is 2. The predicted octanol–water partition coefficient (Wildman–Crippen LogP) is 3.04. The van der Waals surface area contributed by atoms with Gasteiger partial charge in [-0.15, -0.1) is 24.0 Å². The first-order valence-corrected chi connectivity index (χ1v) is 8.62. The molecule has 6 nitrogen and oxygen atoms in total. The summed E-state index contributed by atoms with van der Waals surface area (Å²) < 4.78 is 10.6. The van der Waals surface area contributed by atoms with Gasteiger partial charge in [-0.25, -0.2) is 0 Å². The molecule has 1 unspecified atom stereocenters. The Bertz CT molecular complexity index is 554. The maximum Gasteiger partial charge on any atom is 0.195 e. The van der Waals surface area contributed by atoms with Gasteiger partial charge in [0.2, 0.25) is 0 Å². The normalized spacial score (nSPS) is 18.2. The molecule has 2 N–H and O–H groups in total. The number of guanidine groups is 1. The summed E-state index contributed by atoms with van der Waals surface area (Å²) in [6, 6.07) is 5.77. The van der Waals surface area contributed by atoms with Crippen LogP contribution < -0.4 is 20.1 Å². The predicted molar refractivity (Wildman–Crippen MR) is 115 cm³/mol. The number of halogens is 1. The minimum atomic E-state index is 0. The van der Waals surface area contributed by atoms with Crippen LogP contribution in [0.25, 0.3) is 0 Å². The fraction of sp³-hybridized carbons (Fsp3) is 0.611. The van der Waals surface area contributed by atoms with Crippen molar-refractivity contribution in [2.24, 2.45) is 10.9 Å². The van der Waals surface area contributed by atoms with Gasteiger partial charge in [-0.2, -0.15) is 0 Å². The standard InChI is InChI=1S/C18H30N4O2.HI/c1-5-19-18(20-12-14-7-6-10-22(2)13-14)21-15-8-9-16(23-3)17(11-15)24-4;/h8-9,11,14H,5-7,10,12-13H2,1-4H3,(H2,19,20,21);1H. The third-order valence-corrected chi connectivity index (χ3v) is 4.22. The lowest BCUT2D eigenvalue weighted by Crippen LogP contribution is -2.35. The first-order chi connectivity index (χ1) is 11.7. The average molecular weight is 462 g/mol. The maximum atomic E-state index is 5.35. The average Bonchev–Trinajstić information content (AvgIpc) is 2.60. The Kier molecular flexibility index (Phi) is 9.96. The Morgan fingerprint density at radius 1 is 1.28 bits per heavy atom. The SMILES string of the molecule is CCNC(=NCC1CCCN(C)C1)Nc1ccc(OC)c(OC)c1.I. The molecule has 1 atom stereocenters. The van der Waals surface area contributed by atoms with Crippen LogP contribution in [-0.2, 0) is 0 Å². The van der Waals surface area contributed by atoms with Crippen molar-refractivity contribution in [2.45, 2.75) is 19.8 Å². The van der Waals surface area contributed by atoms with Crippen molar-refractivity contribution in [3.05, 3.63) is 18.2 Å². The number of hydrogen-bond donors (Lipinski definition) is 2. The number of nitrogens with one attached hydrogen (secondary N) is 2. The molecule has 0 aromatic heterocycles. The van der Waals surface area contributed by atoms with Crippen LogP contribution in [0.4, 0.5) is 5.69 Å². The molecule has 142 valence electrons. The summed E-state index contributed by atoms with van der Waals surface area (Å²) in [5, 5.41) is 6.65. The van der Waals surface area contributed by atoms with Gasteiger partial charge in [-0.3, -0.25) is 4.99 Å². The second kappa shape index (κ2) is 11.4. The molecule has 0 saturated carbocycles. The van der Waals surface area contributed by atoms with Crippen molar-refractivity contribution >= 4 is 35.6 Å². The Morgan fingerprint density at radius 2 is 2.04 bits per heavy atom. The topological polar surface area (TPSA) is 58.1 Å². The molecule has 1 heterocycles. The largest absolute Gasteiger partial charge is 0.493 e. The maximum absolute atomic E-state index is 5.35. The first-order valence-electron chi connectivity index (χ1n) is 8.62. The van der Waals surface area contributed by atoms with Gasteiger partial charge in [0.1, 0.15) is 0 Å². The number of ether oxygens (including phenoxy) is 2. The van der Waals surface area contributed by atoms with Crippen LogP contribution in [0.3, 0.4) is 0 Å². The molecule has 1 fully saturated rings. The number of aliphatic imine (C=N–C) groups is 1. The molecule has 25 heavy (non-hydrogen) atoms. The van der Waals surface area contributed by atoms with Crippen molar-refractivity contribution in [1.82, 2.24) is 10.2 Å².